The first kappa shape index (κ1) is 14.9. The molecule has 0 aliphatic carbocycles. The van der Waals surface area contributed by atoms with Gasteiger partial charge in [-0.15, -0.1) is 0 Å². The second-order valence-corrected chi connectivity index (χ2v) is 4.97. The number of ether oxygens (including phenoxy) is 3. The minimum absolute atomic E-state index is 0.0334. The SMILES string of the molecule is CC1(C)OC[C@H](COc2ccc(C=O)c(C(F)F)c2)O1. The van der Waals surface area contributed by atoms with Crippen molar-refractivity contribution >= 4 is 6.29 Å². The fourth-order valence-corrected chi connectivity index (χ4v) is 1.97. The molecule has 1 aromatic carbocycles. The second-order valence-electron chi connectivity index (χ2n) is 4.97. The summed E-state index contributed by atoms with van der Waals surface area (Å²) in [5.41, 5.74) is -0.365. The molecule has 0 bridgehead atoms. The van der Waals surface area contributed by atoms with Crippen LogP contribution in [0, 0.1) is 0 Å². The number of alkyl halides is 2. The van der Waals surface area contributed by atoms with E-state index in [0.717, 1.165) is 0 Å². The van der Waals surface area contributed by atoms with Gasteiger partial charge in [-0.2, -0.15) is 0 Å². The number of carbonyl (C=O) groups is 1. The van der Waals surface area contributed by atoms with Crippen molar-refractivity contribution in [3.63, 3.8) is 0 Å². The Hall–Kier alpha value is -1.53. The third-order valence-corrected chi connectivity index (χ3v) is 2.92. The van der Waals surface area contributed by atoms with Crippen molar-refractivity contribution in [1.82, 2.24) is 0 Å². The summed E-state index contributed by atoms with van der Waals surface area (Å²) in [5.74, 6) is -0.372. The molecule has 1 fully saturated rings. The van der Waals surface area contributed by atoms with Gasteiger partial charge in [-0.05, 0) is 32.0 Å². The highest BCUT2D eigenvalue weighted by Crippen LogP contribution is 2.27. The van der Waals surface area contributed by atoms with E-state index in [-0.39, 0.29) is 29.6 Å². The lowest BCUT2D eigenvalue weighted by Crippen LogP contribution is -2.25. The van der Waals surface area contributed by atoms with E-state index in [1.807, 2.05) is 0 Å². The van der Waals surface area contributed by atoms with E-state index in [9.17, 15) is 13.6 Å². The first-order valence-corrected chi connectivity index (χ1v) is 6.23. The monoisotopic (exact) mass is 286 g/mol. The number of hydrogen-bond donors (Lipinski definition) is 0. The molecule has 0 N–H and O–H groups in total. The van der Waals surface area contributed by atoms with E-state index in [2.05, 4.69) is 0 Å². The molecule has 1 heterocycles. The topological polar surface area (TPSA) is 44.8 Å². The molecule has 0 radical (unpaired) electrons. The Balaban J connectivity index is 2.00. The normalized spacial score (nSPS) is 21.1. The molecule has 0 aromatic heterocycles. The Kier molecular flexibility index (Phi) is 4.35. The van der Waals surface area contributed by atoms with Crippen molar-refractivity contribution in [1.29, 1.82) is 0 Å². The Labute approximate surface area is 115 Å². The van der Waals surface area contributed by atoms with Gasteiger partial charge in [-0.3, -0.25) is 4.79 Å². The van der Waals surface area contributed by atoms with Gasteiger partial charge in [0, 0.05) is 11.1 Å². The summed E-state index contributed by atoms with van der Waals surface area (Å²) >= 11 is 0. The van der Waals surface area contributed by atoms with Crippen molar-refractivity contribution in [2.24, 2.45) is 0 Å². The van der Waals surface area contributed by atoms with Crippen LogP contribution in [0.15, 0.2) is 18.2 Å². The molecular formula is C14H16F2O4. The maximum Gasteiger partial charge on any atom is 0.264 e. The van der Waals surface area contributed by atoms with Crippen LogP contribution in [0.4, 0.5) is 8.78 Å². The van der Waals surface area contributed by atoms with Gasteiger partial charge in [0.2, 0.25) is 0 Å². The number of hydrogen-bond acceptors (Lipinski definition) is 4. The summed E-state index contributed by atoms with van der Waals surface area (Å²) in [5, 5.41) is 0. The standard InChI is InChI=1S/C14H16F2O4/c1-14(2)19-8-11(20-14)7-18-10-4-3-9(6-17)12(5-10)13(15)16/h3-6,11,13H,7-8H2,1-2H3/t11-/m0/s1. The predicted molar refractivity (Wildman–Crippen MR) is 67.2 cm³/mol. The smallest absolute Gasteiger partial charge is 0.264 e. The number of benzene rings is 1. The minimum atomic E-state index is -2.72. The molecule has 1 atom stereocenters. The Morgan fingerprint density at radius 3 is 2.80 bits per heavy atom. The zero-order valence-corrected chi connectivity index (χ0v) is 11.3. The maximum atomic E-state index is 12.8. The zero-order valence-electron chi connectivity index (χ0n) is 11.3. The van der Waals surface area contributed by atoms with Crippen LogP contribution in [0.1, 0.15) is 36.2 Å². The molecule has 4 nitrogen and oxygen atoms in total. The third kappa shape index (κ3) is 3.52. The Morgan fingerprint density at radius 1 is 1.50 bits per heavy atom. The summed E-state index contributed by atoms with van der Waals surface area (Å²) in [6, 6.07) is 3.98. The molecule has 1 saturated heterocycles. The van der Waals surface area contributed by atoms with Crippen molar-refractivity contribution in [2.75, 3.05) is 13.2 Å². The van der Waals surface area contributed by atoms with E-state index < -0.39 is 12.2 Å². The second kappa shape index (κ2) is 5.85. The molecule has 1 aliphatic rings. The minimum Gasteiger partial charge on any atom is -0.491 e. The van der Waals surface area contributed by atoms with Gasteiger partial charge in [0.05, 0.1) is 6.61 Å². The van der Waals surface area contributed by atoms with Gasteiger partial charge in [-0.25, -0.2) is 8.78 Å². The number of halogens is 2. The number of rotatable bonds is 5. The molecule has 110 valence electrons. The average molecular weight is 286 g/mol. The van der Waals surface area contributed by atoms with Crippen molar-refractivity contribution in [3.05, 3.63) is 29.3 Å². The molecule has 1 aliphatic heterocycles. The summed E-state index contributed by atoms with van der Waals surface area (Å²) in [6.07, 6.45) is -2.56. The van der Waals surface area contributed by atoms with Crippen molar-refractivity contribution in [2.45, 2.75) is 32.2 Å². The van der Waals surface area contributed by atoms with Crippen LogP contribution >= 0.6 is 0 Å². The predicted octanol–water partition coefficient (Wildman–Crippen LogP) is 2.97. The van der Waals surface area contributed by atoms with Crippen LogP contribution in [-0.4, -0.2) is 31.4 Å². The molecule has 0 amide bonds. The Bertz CT molecular complexity index is 488. The van der Waals surface area contributed by atoms with Gasteiger partial charge in [0.15, 0.2) is 12.1 Å². The highest BCUT2D eigenvalue weighted by molar-refractivity contribution is 5.77. The van der Waals surface area contributed by atoms with E-state index in [4.69, 9.17) is 14.2 Å². The fourth-order valence-electron chi connectivity index (χ4n) is 1.97. The molecule has 0 unspecified atom stereocenters. The highest BCUT2D eigenvalue weighted by atomic mass is 19.3. The van der Waals surface area contributed by atoms with Gasteiger partial charge < -0.3 is 14.2 Å². The van der Waals surface area contributed by atoms with E-state index in [0.29, 0.717) is 12.9 Å². The molecule has 0 saturated carbocycles. The van der Waals surface area contributed by atoms with Crippen LogP contribution in [0.3, 0.4) is 0 Å². The highest BCUT2D eigenvalue weighted by Gasteiger charge is 2.33. The van der Waals surface area contributed by atoms with E-state index in [1.165, 1.54) is 18.2 Å². The summed E-state index contributed by atoms with van der Waals surface area (Å²) < 4.78 is 41.9. The maximum absolute atomic E-state index is 12.8. The van der Waals surface area contributed by atoms with Crippen molar-refractivity contribution in [3.8, 4) is 5.75 Å². The van der Waals surface area contributed by atoms with Crippen LogP contribution < -0.4 is 4.74 Å². The van der Waals surface area contributed by atoms with Crippen LogP contribution in [0.25, 0.3) is 0 Å². The van der Waals surface area contributed by atoms with E-state index >= 15 is 0 Å². The zero-order chi connectivity index (χ0) is 14.8. The van der Waals surface area contributed by atoms with Crippen LogP contribution in [-0.2, 0) is 9.47 Å². The summed E-state index contributed by atoms with van der Waals surface area (Å²) in [4.78, 5) is 10.7. The van der Waals surface area contributed by atoms with Crippen LogP contribution in [0.5, 0.6) is 5.75 Å². The van der Waals surface area contributed by atoms with Gasteiger partial charge >= 0.3 is 0 Å². The largest absolute Gasteiger partial charge is 0.491 e. The first-order chi connectivity index (χ1) is 9.41. The number of aldehydes is 1. The fraction of sp³-hybridized carbons (Fsp3) is 0.500. The lowest BCUT2D eigenvalue weighted by molar-refractivity contribution is -0.141. The van der Waals surface area contributed by atoms with E-state index in [1.54, 1.807) is 13.8 Å². The first-order valence-electron chi connectivity index (χ1n) is 6.23. The van der Waals surface area contributed by atoms with Crippen molar-refractivity contribution < 1.29 is 27.8 Å². The molecular weight excluding hydrogens is 270 g/mol. The Morgan fingerprint density at radius 2 is 2.25 bits per heavy atom. The summed E-state index contributed by atoms with van der Waals surface area (Å²) in [6.45, 7) is 4.18. The lowest BCUT2D eigenvalue weighted by Gasteiger charge is -2.17. The third-order valence-electron chi connectivity index (χ3n) is 2.92. The molecule has 2 rings (SSSR count). The molecule has 1 aromatic rings. The lowest BCUT2D eigenvalue weighted by atomic mass is 10.1. The quantitative estimate of drug-likeness (QED) is 0.781. The average Bonchev–Trinajstić information content (AvgIpc) is 2.75. The van der Waals surface area contributed by atoms with Gasteiger partial charge in [0.25, 0.3) is 6.43 Å². The molecule has 20 heavy (non-hydrogen) atoms. The molecule has 6 heteroatoms. The van der Waals surface area contributed by atoms with Gasteiger partial charge in [-0.1, -0.05) is 0 Å². The molecule has 0 spiro atoms. The summed E-state index contributed by atoms with van der Waals surface area (Å²) in [7, 11) is 0. The van der Waals surface area contributed by atoms with Gasteiger partial charge in [0.1, 0.15) is 18.5 Å². The number of carbonyl (C=O) groups excluding carboxylic acids is 1. The van der Waals surface area contributed by atoms with Crippen LogP contribution in [0.2, 0.25) is 0 Å².